The van der Waals surface area contributed by atoms with Crippen LogP contribution in [-0.2, 0) is 4.74 Å². The van der Waals surface area contributed by atoms with Crippen molar-refractivity contribution in [3.05, 3.63) is 47.8 Å². The number of aliphatic hydroxyl groups excluding tert-OH is 3. The van der Waals surface area contributed by atoms with Crippen LogP contribution in [-0.4, -0.2) is 66.4 Å². The highest BCUT2D eigenvalue weighted by atomic mass is 16.6. The molecule has 0 amide bonds. The van der Waals surface area contributed by atoms with Gasteiger partial charge in [-0.1, -0.05) is 18.1 Å². The lowest BCUT2D eigenvalue weighted by atomic mass is 10.1. The maximum atomic E-state index is 10.3. The Hall–Kier alpha value is -3.74. The molecule has 1 aromatic carbocycles. The molecule has 11 nitrogen and oxygen atoms in total. The molecule has 0 bridgehead atoms. The molecule has 4 rings (SSSR count). The highest BCUT2D eigenvalue weighted by Gasteiger charge is 2.44. The minimum absolute atomic E-state index is 0.0623. The lowest BCUT2D eigenvalue weighted by molar-refractivity contribution is -0.0511. The van der Waals surface area contributed by atoms with Crippen LogP contribution >= 0.6 is 0 Å². The first-order valence-corrected chi connectivity index (χ1v) is 9.23. The molecule has 0 saturated carbocycles. The quantitative estimate of drug-likeness (QED) is 0.336. The number of fused-ring (bicyclic) bond motifs is 1. The van der Waals surface area contributed by atoms with E-state index >= 15 is 0 Å². The van der Waals surface area contributed by atoms with Gasteiger partial charge in [-0.25, -0.2) is 19.8 Å². The minimum atomic E-state index is -1.29. The summed E-state index contributed by atoms with van der Waals surface area (Å²) in [5, 5.41) is 29.6. The van der Waals surface area contributed by atoms with Crippen LogP contribution in [0.15, 0.2) is 30.6 Å². The van der Waals surface area contributed by atoms with E-state index in [1.54, 1.807) is 24.3 Å². The Bertz CT molecular complexity index is 1190. The van der Waals surface area contributed by atoms with Gasteiger partial charge in [0.25, 0.3) is 0 Å². The number of nitrogens with zero attached hydrogens (tertiary/aromatic N) is 5. The van der Waals surface area contributed by atoms with Gasteiger partial charge in [-0.05, 0) is 18.1 Å². The number of ether oxygens (including phenoxy) is 2. The highest BCUT2D eigenvalue weighted by molar-refractivity contribution is 5.82. The molecule has 1 saturated heterocycles. The smallest absolute Gasteiger partial charge is 0.209 e. The molecule has 0 aliphatic carbocycles. The van der Waals surface area contributed by atoms with Crippen molar-refractivity contribution in [1.29, 1.82) is 0 Å². The summed E-state index contributed by atoms with van der Waals surface area (Å²) in [4.78, 5) is 15.9. The van der Waals surface area contributed by atoms with Crippen LogP contribution < -0.4 is 10.5 Å². The summed E-state index contributed by atoms with van der Waals surface area (Å²) in [5.41, 5.74) is 7.04. The van der Waals surface area contributed by atoms with Gasteiger partial charge < -0.3 is 30.5 Å². The maximum Gasteiger partial charge on any atom is 0.209 e. The van der Waals surface area contributed by atoms with Crippen molar-refractivity contribution < 1.29 is 24.8 Å². The first kappa shape index (κ1) is 20.5. The molecule has 0 radical (unpaired) electrons. The molecular formula is C20H18N6O5. The summed E-state index contributed by atoms with van der Waals surface area (Å²) in [6.45, 7) is 6.55. The number of hydrogen-bond donors (Lipinski definition) is 4. The van der Waals surface area contributed by atoms with Crippen molar-refractivity contribution >= 4 is 22.7 Å². The summed E-state index contributed by atoms with van der Waals surface area (Å²) in [6.07, 6.45) is -3.12. The third-order valence-electron chi connectivity index (χ3n) is 4.72. The zero-order chi connectivity index (χ0) is 22.0. The van der Waals surface area contributed by atoms with Crippen LogP contribution in [0.4, 0.5) is 11.5 Å². The first-order chi connectivity index (χ1) is 15.0. The first-order valence-electron chi connectivity index (χ1n) is 9.23. The molecule has 3 heterocycles. The van der Waals surface area contributed by atoms with Crippen LogP contribution in [0.5, 0.6) is 5.75 Å². The molecule has 1 aliphatic heterocycles. The predicted molar refractivity (Wildman–Crippen MR) is 108 cm³/mol. The van der Waals surface area contributed by atoms with Crippen LogP contribution in [0.2, 0.25) is 0 Å². The zero-order valence-corrected chi connectivity index (χ0v) is 16.1. The average Bonchev–Trinajstić information content (AvgIpc) is 3.33. The lowest BCUT2D eigenvalue weighted by Gasteiger charge is -2.16. The minimum Gasteiger partial charge on any atom is -0.481 e. The second-order valence-electron chi connectivity index (χ2n) is 6.68. The molecule has 5 N–H and O–H groups in total. The number of aliphatic hydroxyl groups is 3. The van der Waals surface area contributed by atoms with Crippen molar-refractivity contribution in [3.63, 3.8) is 0 Å². The topological polar surface area (TPSA) is 153 Å². The molecule has 31 heavy (non-hydrogen) atoms. The zero-order valence-electron chi connectivity index (χ0n) is 16.1. The van der Waals surface area contributed by atoms with E-state index < -0.39 is 31.1 Å². The van der Waals surface area contributed by atoms with Crippen LogP contribution in [0.25, 0.3) is 16.0 Å². The van der Waals surface area contributed by atoms with Gasteiger partial charge >= 0.3 is 0 Å². The molecule has 1 aliphatic rings. The largest absolute Gasteiger partial charge is 0.481 e. The monoisotopic (exact) mass is 422 g/mol. The third-order valence-corrected chi connectivity index (χ3v) is 4.72. The summed E-state index contributed by atoms with van der Waals surface area (Å²) < 4.78 is 12.4. The predicted octanol–water partition coefficient (Wildman–Crippen LogP) is 0.00129. The van der Waals surface area contributed by atoms with Crippen molar-refractivity contribution in [3.8, 4) is 17.6 Å². The molecule has 1 fully saturated rings. The van der Waals surface area contributed by atoms with Crippen LogP contribution in [0.1, 0.15) is 12.1 Å². The Morgan fingerprint density at radius 1 is 1.23 bits per heavy atom. The van der Waals surface area contributed by atoms with Gasteiger partial charge in [0.1, 0.15) is 36.2 Å². The number of rotatable bonds is 4. The molecule has 0 spiro atoms. The molecule has 4 atom stereocenters. The van der Waals surface area contributed by atoms with Crippen molar-refractivity contribution in [2.75, 3.05) is 18.9 Å². The fourth-order valence-corrected chi connectivity index (χ4v) is 3.14. The van der Waals surface area contributed by atoms with E-state index in [2.05, 4.69) is 31.6 Å². The molecule has 3 aromatic rings. The molecule has 158 valence electrons. The Labute approximate surface area is 176 Å². The standard InChI is InChI=1S/C20H18N6O5/c1-22-11-4-6-12(7-5-11)30-8-2-3-14-24-18(21)15-19(25-14)26(10-23-15)20-17(29)16(28)13(9-27)31-20/h4-7,10,13,16-17,20,27-29H,8-9H2,(H2,21,24,25). The second-order valence-corrected chi connectivity index (χ2v) is 6.68. The number of imidazole rings is 1. The van der Waals surface area contributed by atoms with Crippen molar-refractivity contribution in [2.45, 2.75) is 24.5 Å². The number of benzene rings is 1. The molecule has 11 heteroatoms. The van der Waals surface area contributed by atoms with Crippen molar-refractivity contribution in [1.82, 2.24) is 19.5 Å². The van der Waals surface area contributed by atoms with E-state index in [0.29, 0.717) is 17.0 Å². The van der Waals surface area contributed by atoms with Gasteiger partial charge in [-0.3, -0.25) is 4.57 Å². The van der Waals surface area contributed by atoms with E-state index in [-0.39, 0.29) is 23.9 Å². The van der Waals surface area contributed by atoms with Gasteiger partial charge in [0.05, 0.1) is 19.5 Å². The van der Waals surface area contributed by atoms with E-state index in [9.17, 15) is 15.3 Å². The van der Waals surface area contributed by atoms with Gasteiger partial charge in [-0.15, -0.1) is 0 Å². The Morgan fingerprint density at radius 2 is 2.00 bits per heavy atom. The number of anilines is 1. The molecule has 2 aromatic heterocycles. The summed E-state index contributed by atoms with van der Waals surface area (Å²) in [7, 11) is 0. The third kappa shape index (κ3) is 3.99. The van der Waals surface area contributed by atoms with E-state index in [0.717, 1.165) is 0 Å². The Balaban J connectivity index is 1.54. The fraction of sp³-hybridized carbons (Fsp3) is 0.300. The molecular weight excluding hydrogens is 404 g/mol. The highest BCUT2D eigenvalue weighted by Crippen LogP contribution is 2.31. The normalized spacial score (nSPS) is 22.6. The number of hydrogen-bond acceptors (Lipinski definition) is 9. The molecule has 4 unspecified atom stereocenters. The van der Waals surface area contributed by atoms with Gasteiger partial charge in [0, 0.05) is 0 Å². The fourth-order valence-electron chi connectivity index (χ4n) is 3.14. The van der Waals surface area contributed by atoms with E-state index in [1.807, 2.05) is 0 Å². The summed E-state index contributed by atoms with van der Waals surface area (Å²) in [6, 6.07) is 6.64. The van der Waals surface area contributed by atoms with E-state index in [1.165, 1.54) is 10.9 Å². The lowest BCUT2D eigenvalue weighted by Crippen LogP contribution is -2.33. The van der Waals surface area contributed by atoms with Crippen LogP contribution in [0, 0.1) is 18.4 Å². The Kier molecular flexibility index (Phi) is 5.66. The van der Waals surface area contributed by atoms with E-state index in [4.69, 9.17) is 21.8 Å². The van der Waals surface area contributed by atoms with Gasteiger partial charge in [0.15, 0.2) is 23.4 Å². The maximum absolute atomic E-state index is 10.3. The van der Waals surface area contributed by atoms with Crippen molar-refractivity contribution in [2.24, 2.45) is 0 Å². The summed E-state index contributed by atoms with van der Waals surface area (Å²) in [5.74, 6) is 6.32. The SMILES string of the molecule is [C-]#[N+]c1ccc(OCC#Cc2nc(N)c3ncn(C4OC(CO)C(O)C4O)c3n2)cc1. The number of aromatic nitrogens is 4. The van der Waals surface area contributed by atoms with Gasteiger partial charge in [0.2, 0.25) is 5.82 Å². The van der Waals surface area contributed by atoms with Gasteiger partial charge in [-0.2, -0.15) is 0 Å². The average molecular weight is 422 g/mol. The van der Waals surface area contributed by atoms with Crippen LogP contribution in [0.3, 0.4) is 0 Å². The summed E-state index contributed by atoms with van der Waals surface area (Å²) >= 11 is 0. The second kappa shape index (κ2) is 8.55. The Morgan fingerprint density at radius 3 is 2.68 bits per heavy atom. The number of nitrogens with two attached hydrogens (primary N) is 1. The number of nitrogen functional groups attached to an aromatic ring is 1.